The van der Waals surface area contributed by atoms with Gasteiger partial charge in [-0.3, -0.25) is 4.90 Å². The van der Waals surface area contributed by atoms with Crippen LogP contribution in [0.3, 0.4) is 0 Å². The Hall–Kier alpha value is -1.55. The summed E-state index contributed by atoms with van der Waals surface area (Å²) in [5, 5.41) is 3.29. The van der Waals surface area contributed by atoms with Crippen LogP contribution in [-0.4, -0.2) is 25.3 Å². The average molecular weight is 262 g/mol. The minimum atomic E-state index is -0.466. The number of amides is 1. The zero-order chi connectivity index (χ0) is 14.0. The molecule has 104 valence electrons. The van der Waals surface area contributed by atoms with Crippen molar-refractivity contribution in [3.8, 4) is 0 Å². The van der Waals surface area contributed by atoms with Crippen molar-refractivity contribution in [3.05, 3.63) is 29.8 Å². The first kappa shape index (κ1) is 13.9. The van der Waals surface area contributed by atoms with Crippen LogP contribution in [0.2, 0.25) is 0 Å². The molecule has 19 heavy (non-hydrogen) atoms. The van der Waals surface area contributed by atoms with Gasteiger partial charge in [0.15, 0.2) is 0 Å². The van der Waals surface area contributed by atoms with Gasteiger partial charge in [0.25, 0.3) is 0 Å². The monoisotopic (exact) mass is 262 g/mol. The van der Waals surface area contributed by atoms with Crippen molar-refractivity contribution >= 4 is 11.8 Å². The third kappa shape index (κ3) is 3.07. The Bertz CT molecular complexity index is 465. The highest BCUT2D eigenvalue weighted by Gasteiger charge is 2.30. The van der Waals surface area contributed by atoms with Crippen molar-refractivity contribution in [2.24, 2.45) is 0 Å². The van der Waals surface area contributed by atoms with Crippen LogP contribution in [0.25, 0.3) is 0 Å². The second-order valence-corrected chi connectivity index (χ2v) is 5.82. The average Bonchev–Trinajstić information content (AvgIpc) is 2.35. The first-order valence-corrected chi connectivity index (χ1v) is 6.69. The van der Waals surface area contributed by atoms with Gasteiger partial charge in [0.1, 0.15) is 5.60 Å². The molecule has 0 saturated heterocycles. The number of nitrogens with zero attached hydrogens (tertiary/aromatic N) is 1. The Labute approximate surface area is 114 Å². The van der Waals surface area contributed by atoms with E-state index < -0.39 is 5.60 Å². The molecule has 0 aromatic heterocycles. The summed E-state index contributed by atoms with van der Waals surface area (Å²) in [6.07, 6.45) is 0.627. The number of rotatable bonds is 1. The SMILES string of the molecule is CN[C@H]1CCN(C(=O)OC(C)(C)C)c2ccccc21. The molecular formula is C15H22N2O2. The Balaban J connectivity index is 2.27. The number of anilines is 1. The molecule has 0 spiro atoms. The molecule has 0 unspecified atom stereocenters. The van der Waals surface area contributed by atoms with Crippen LogP contribution in [-0.2, 0) is 4.74 Å². The van der Waals surface area contributed by atoms with E-state index in [0.717, 1.165) is 17.7 Å². The van der Waals surface area contributed by atoms with Crippen molar-refractivity contribution in [2.45, 2.75) is 38.8 Å². The Morgan fingerprint density at radius 2 is 2.05 bits per heavy atom. The normalized spacial score (nSPS) is 18.9. The molecule has 1 heterocycles. The van der Waals surface area contributed by atoms with Crippen molar-refractivity contribution in [2.75, 3.05) is 18.5 Å². The Kier molecular flexibility index (Phi) is 3.80. The zero-order valence-electron chi connectivity index (χ0n) is 12.1. The van der Waals surface area contributed by atoms with Gasteiger partial charge in [-0.25, -0.2) is 4.79 Å². The molecule has 2 rings (SSSR count). The molecule has 0 aliphatic carbocycles. The molecule has 1 aromatic carbocycles. The molecule has 1 amide bonds. The maximum atomic E-state index is 12.3. The summed E-state index contributed by atoms with van der Waals surface area (Å²) < 4.78 is 5.47. The number of hydrogen-bond acceptors (Lipinski definition) is 3. The van der Waals surface area contributed by atoms with Gasteiger partial charge in [0.05, 0.1) is 5.69 Å². The minimum Gasteiger partial charge on any atom is -0.443 e. The zero-order valence-corrected chi connectivity index (χ0v) is 12.1. The van der Waals surface area contributed by atoms with E-state index in [9.17, 15) is 4.79 Å². The van der Waals surface area contributed by atoms with Gasteiger partial charge in [-0.2, -0.15) is 0 Å². The summed E-state index contributed by atoms with van der Waals surface area (Å²) in [4.78, 5) is 14.0. The number of nitrogens with one attached hydrogen (secondary N) is 1. The highest BCUT2D eigenvalue weighted by Crippen LogP contribution is 2.34. The van der Waals surface area contributed by atoms with Gasteiger partial charge in [-0.1, -0.05) is 18.2 Å². The first-order chi connectivity index (χ1) is 8.92. The summed E-state index contributed by atoms with van der Waals surface area (Å²) in [5.74, 6) is 0. The molecule has 4 heteroatoms. The fourth-order valence-electron chi connectivity index (χ4n) is 2.37. The van der Waals surface area contributed by atoms with Crippen molar-refractivity contribution in [1.82, 2.24) is 5.32 Å². The van der Waals surface area contributed by atoms with Crippen LogP contribution < -0.4 is 10.2 Å². The fourth-order valence-corrected chi connectivity index (χ4v) is 2.37. The van der Waals surface area contributed by atoms with Gasteiger partial charge in [-0.15, -0.1) is 0 Å². The second kappa shape index (κ2) is 5.21. The third-order valence-corrected chi connectivity index (χ3v) is 3.21. The van der Waals surface area contributed by atoms with Crippen LogP contribution in [0.5, 0.6) is 0 Å². The van der Waals surface area contributed by atoms with Gasteiger partial charge < -0.3 is 10.1 Å². The van der Waals surface area contributed by atoms with E-state index in [1.165, 1.54) is 0 Å². The molecule has 1 N–H and O–H groups in total. The quantitative estimate of drug-likeness (QED) is 0.845. The molecule has 1 aromatic rings. The van der Waals surface area contributed by atoms with E-state index in [1.807, 2.05) is 46.0 Å². The highest BCUT2D eigenvalue weighted by molar-refractivity contribution is 5.89. The van der Waals surface area contributed by atoms with Crippen LogP contribution >= 0.6 is 0 Å². The van der Waals surface area contributed by atoms with E-state index >= 15 is 0 Å². The van der Waals surface area contributed by atoms with Crippen molar-refractivity contribution in [3.63, 3.8) is 0 Å². The predicted octanol–water partition coefficient (Wildman–Crippen LogP) is 3.09. The lowest BCUT2D eigenvalue weighted by Crippen LogP contribution is -2.42. The molecule has 0 radical (unpaired) electrons. The topological polar surface area (TPSA) is 41.6 Å². The largest absolute Gasteiger partial charge is 0.443 e. The van der Waals surface area contributed by atoms with E-state index in [0.29, 0.717) is 12.6 Å². The molecule has 0 bridgehead atoms. The first-order valence-electron chi connectivity index (χ1n) is 6.69. The summed E-state index contributed by atoms with van der Waals surface area (Å²) in [6, 6.07) is 8.29. The van der Waals surface area contributed by atoms with Crippen LogP contribution in [0, 0.1) is 0 Å². The lowest BCUT2D eigenvalue weighted by Gasteiger charge is -2.35. The fraction of sp³-hybridized carbons (Fsp3) is 0.533. The maximum absolute atomic E-state index is 12.3. The van der Waals surface area contributed by atoms with Crippen molar-refractivity contribution < 1.29 is 9.53 Å². The van der Waals surface area contributed by atoms with Gasteiger partial charge in [-0.05, 0) is 45.9 Å². The summed E-state index contributed by atoms with van der Waals surface area (Å²) in [7, 11) is 1.95. The maximum Gasteiger partial charge on any atom is 0.414 e. The third-order valence-electron chi connectivity index (χ3n) is 3.21. The number of carbonyl (C=O) groups is 1. The molecule has 0 fully saturated rings. The lowest BCUT2D eigenvalue weighted by molar-refractivity contribution is 0.0576. The van der Waals surface area contributed by atoms with Crippen LogP contribution in [0.1, 0.15) is 38.8 Å². The summed E-state index contributed by atoms with van der Waals surface area (Å²) in [5.41, 5.74) is 1.63. The number of ether oxygens (including phenoxy) is 1. The number of carbonyl (C=O) groups excluding carboxylic acids is 1. The van der Waals surface area contributed by atoms with Gasteiger partial charge >= 0.3 is 6.09 Å². The number of fused-ring (bicyclic) bond motifs is 1. The molecule has 1 atom stereocenters. The van der Waals surface area contributed by atoms with Gasteiger partial charge in [0.2, 0.25) is 0 Å². The second-order valence-electron chi connectivity index (χ2n) is 5.82. The Morgan fingerprint density at radius 1 is 1.37 bits per heavy atom. The number of benzene rings is 1. The molecular weight excluding hydrogens is 240 g/mol. The molecule has 4 nitrogen and oxygen atoms in total. The Morgan fingerprint density at radius 3 is 2.68 bits per heavy atom. The molecule has 0 saturated carbocycles. The van der Waals surface area contributed by atoms with Crippen LogP contribution in [0.15, 0.2) is 24.3 Å². The highest BCUT2D eigenvalue weighted by atomic mass is 16.6. The lowest BCUT2D eigenvalue weighted by atomic mass is 9.97. The van der Waals surface area contributed by atoms with E-state index in [1.54, 1.807) is 4.90 Å². The van der Waals surface area contributed by atoms with E-state index in [-0.39, 0.29) is 6.09 Å². The smallest absolute Gasteiger partial charge is 0.414 e. The predicted molar refractivity (Wildman–Crippen MR) is 76.4 cm³/mol. The summed E-state index contributed by atoms with van der Waals surface area (Å²) >= 11 is 0. The van der Waals surface area contributed by atoms with Crippen molar-refractivity contribution in [1.29, 1.82) is 0 Å². The van der Waals surface area contributed by atoms with Crippen LogP contribution in [0.4, 0.5) is 10.5 Å². The molecule has 1 aliphatic rings. The molecule has 1 aliphatic heterocycles. The summed E-state index contributed by atoms with van der Waals surface area (Å²) in [6.45, 7) is 6.34. The van der Waals surface area contributed by atoms with E-state index in [4.69, 9.17) is 4.74 Å². The number of para-hydroxylation sites is 1. The minimum absolute atomic E-state index is 0.269. The standard InChI is InChI=1S/C15H22N2O2/c1-15(2,3)19-14(18)17-10-9-12(16-4)11-7-5-6-8-13(11)17/h5-8,12,16H,9-10H2,1-4H3/t12-/m0/s1. The van der Waals surface area contributed by atoms with Gasteiger partial charge in [0, 0.05) is 12.6 Å². The number of hydrogen-bond donors (Lipinski definition) is 1. The van der Waals surface area contributed by atoms with E-state index in [2.05, 4.69) is 11.4 Å².